The second kappa shape index (κ2) is 10.5. The summed E-state index contributed by atoms with van der Waals surface area (Å²) in [6, 6.07) is 3.98. The Morgan fingerprint density at radius 2 is 2.06 bits per heavy atom. The van der Waals surface area contributed by atoms with Crippen LogP contribution in [0, 0.1) is 11.6 Å². The quantitative estimate of drug-likeness (QED) is 0.281. The summed E-state index contributed by atoms with van der Waals surface area (Å²) in [7, 11) is 4.19. The van der Waals surface area contributed by atoms with Crippen LogP contribution in [-0.4, -0.2) is 57.0 Å². The molecule has 0 radical (unpaired) electrons. The van der Waals surface area contributed by atoms with Crippen molar-refractivity contribution in [3.8, 4) is 0 Å². The second-order valence-electron chi connectivity index (χ2n) is 7.36. The number of amides is 1. The average Bonchev–Trinajstić information content (AvgIpc) is 2.80. The van der Waals surface area contributed by atoms with Crippen LogP contribution in [0.5, 0.6) is 0 Å². The van der Waals surface area contributed by atoms with E-state index in [0.717, 1.165) is 22.9 Å². The molecule has 2 heterocycles. The van der Waals surface area contributed by atoms with E-state index in [2.05, 4.69) is 25.3 Å². The van der Waals surface area contributed by atoms with E-state index in [1.165, 1.54) is 39.8 Å². The lowest BCUT2D eigenvalue weighted by atomic mass is 9.98. The first-order chi connectivity index (χ1) is 16.1. The molecule has 0 aliphatic carbocycles. The van der Waals surface area contributed by atoms with E-state index in [1.807, 2.05) is 0 Å². The zero-order chi connectivity index (χ0) is 25.0. The molecule has 180 valence electrons. The SMILES string of the molecule is C/N=C(/N)S[C@](C)(Cc1cc(Nc2ncnc3cc(Cl)cnc23)cc(F)c1F)C(=O)N(C)OC. The van der Waals surface area contributed by atoms with Crippen molar-refractivity contribution in [2.24, 2.45) is 10.7 Å². The normalized spacial score (nSPS) is 13.6. The number of hydrogen-bond donors (Lipinski definition) is 2. The minimum Gasteiger partial charge on any atom is -0.379 e. The molecular weight excluding hydrogens is 488 g/mol. The van der Waals surface area contributed by atoms with Gasteiger partial charge in [0.2, 0.25) is 0 Å². The maximum absolute atomic E-state index is 14.8. The monoisotopic (exact) mass is 509 g/mol. The number of carbonyl (C=O) groups excluding carboxylic acids is 1. The van der Waals surface area contributed by atoms with Crippen molar-refractivity contribution in [3.05, 3.63) is 52.9 Å². The van der Waals surface area contributed by atoms with Crippen LogP contribution in [0.15, 0.2) is 35.7 Å². The number of pyridine rings is 1. The number of halogens is 3. The number of aromatic nitrogens is 3. The Labute approximate surface area is 203 Å². The van der Waals surface area contributed by atoms with Crippen LogP contribution in [0.3, 0.4) is 0 Å². The molecule has 0 aliphatic rings. The Morgan fingerprint density at radius 3 is 2.74 bits per heavy atom. The van der Waals surface area contributed by atoms with Crippen LogP contribution < -0.4 is 11.1 Å². The molecular formula is C21H22ClF2N7O2S. The molecule has 1 aromatic carbocycles. The van der Waals surface area contributed by atoms with Gasteiger partial charge in [-0.05, 0) is 31.0 Å². The van der Waals surface area contributed by atoms with Gasteiger partial charge in [0.1, 0.15) is 16.6 Å². The number of benzene rings is 1. The van der Waals surface area contributed by atoms with Gasteiger partial charge in [0.15, 0.2) is 22.6 Å². The molecule has 2 aromatic heterocycles. The maximum atomic E-state index is 14.8. The first-order valence-electron chi connectivity index (χ1n) is 9.82. The number of thioether (sulfide) groups is 1. The topological polar surface area (TPSA) is 119 Å². The van der Waals surface area contributed by atoms with Crippen molar-refractivity contribution < 1.29 is 18.4 Å². The first kappa shape index (κ1) is 25.5. The molecule has 9 nitrogen and oxygen atoms in total. The Kier molecular flexibility index (Phi) is 7.85. The molecule has 0 unspecified atom stereocenters. The largest absolute Gasteiger partial charge is 0.379 e. The van der Waals surface area contributed by atoms with Crippen molar-refractivity contribution in [2.45, 2.75) is 18.1 Å². The van der Waals surface area contributed by atoms with E-state index < -0.39 is 22.3 Å². The Bertz CT molecular complexity index is 1260. The summed E-state index contributed by atoms with van der Waals surface area (Å²) in [6.07, 6.45) is 2.51. The van der Waals surface area contributed by atoms with Crippen molar-refractivity contribution >= 4 is 57.0 Å². The molecule has 34 heavy (non-hydrogen) atoms. The lowest BCUT2D eigenvalue weighted by Gasteiger charge is -2.31. The molecule has 3 rings (SSSR count). The highest BCUT2D eigenvalue weighted by atomic mass is 35.5. The van der Waals surface area contributed by atoms with Crippen LogP contribution in [0.2, 0.25) is 5.02 Å². The van der Waals surface area contributed by atoms with E-state index in [0.29, 0.717) is 16.1 Å². The summed E-state index contributed by atoms with van der Waals surface area (Å²) < 4.78 is 28.1. The molecule has 3 aromatic rings. The predicted molar refractivity (Wildman–Crippen MR) is 129 cm³/mol. The van der Waals surface area contributed by atoms with Gasteiger partial charge in [0.05, 0.1) is 17.6 Å². The van der Waals surface area contributed by atoms with Gasteiger partial charge >= 0.3 is 0 Å². The van der Waals surface area contributed by atoms with Crippen LogP contribution in [0.1, 0.15) is 12.5 Å². The third-order valence-electron chi connectivity index (χ3n) is 4.90. The van der Waals surface area contributed by atoms with Crippen molar-refractivity contribution in [2.75, 3.05) is 26.5 Å². The number of anilines is 2. The van der Waals surface area contributed by atoms with Crippen molar-refractivity contribution in [1.82, 2.24) is 20.0 Å². The van der Waals surface area contributed by atoms with Crippen molar-refractivity contribution in [3.63, 3.8) is 0 Å². The van der Waals surface area contributed by atoms with E-state index >= 15 is 0 Å². The first-order valence-corrected chi connectivity index (χ1v) is 11.0. The summed E-state index contributed by atoms with van der Waals surface area (Å²) in [5.74, 6) is -2.43. The summed E-state index contributed by atoms with van der Waals surface area (Å²) in [4.78, 5) is 34.3. The molecule has 0 spiro atoms. The third-order valence-corrected chi connectivity index (χ3v) is 6.27. The number of nitrogens with two attached hydrogens (primary N) is 1. The summed E-state index contributed by atoms with van der Waals surface area (Å²) >= 11 is 6.89. The van der Waals surface area contributed by atoms with E-state index in [9.17, 15) is 13.6 Å². The van der Waals surface area contributed by atoms with Crippen LogP contribution >= 0.6 is 23.4 Å². The summed E-state index contributed by atoms with van der Waals surface area (Å²) in [5, 5.41) is 4.43. The smallest absolute Gasteiger partial charge is 0.262 e. The standard InChI is InChI=1S/C21H22ClF2N7O2S/c1-21(34-20(25)26-2,19(32)31(3)33-4)8-11-5-13(7-14(23)16(11)24)30-18-17-15(28-10-29-18)6-12(22)9-27-17/h5-7,9-10H,8H2,1-4H3,(H2,25,26)(H,28,29,30)/t21-/m1/s1. The highest BCUT2D eigenvalue weighted by Gasteiger charge is 2.39. The zero-order valence-electron chi connectivity index (χ0n) is 18.8. The molecule has 3 N–H and O–H groups in total. The number of aliphatic imine (C=N–C) groups is 1. The van der Waals surface area contributed by atoms with Gasteiger partial charge in [-0.1, -0.05) is 23.4 Å². The molecule has 1 atom stereocenters. The lowest BCUT2D eigenvalue weighted by Crippen LogP contribution is -2.45. The summed E-state index contributed by atoms with van der Waals surface area (Å²) in [5.41, 5.74) is 6.84. The van der Waals surface area contributed by atoms with Gasteiger partial charge in [0, 0.05) is 32.0 Å². The van der Waals surface area contributed by atoms with Gasteiger partial charge in [0.25, 0.3) is 5.91 Å². The number of nitrogens with zero attached hydrogens (tertiary/aromatic N) is 5. The van der Waals surface area contributed by atoms with Gasteiger partial charge in [-0.25, -0.2) is 28.8 Å². The average molecular weight is 510 g/mol. The predicted octanol–water partition coefficient (Wildman–Crippen LogP) is 3.70. The fourth-order valence-corrected chi connectivity index (χ4v) is 4.35. The second-order valence-corrected chi connectivity index (χ2v) is 9.32. The van der Waals surface area contributed by atoms with Crippen LogP contribution in [0.4, 0.5) is 20.3 Å². The highest BCUT2D eigenvalue weighted by molar-refractivity contribution is 8.15. The number of hydroxylamine groups is 2. The Balaban J connectivity index is 2.01. The zero-order valence-corrected chi connectivity index (χ0v) is 20.3. The van der Waals surface area contributed by atoms with Crippen LogP contribution in [0.25, 0.3) is 11.0 Å². The van der Waals surface area contributed by atoms with E-state index in [4.69, 9.17) is 22.2 Å². The molecule has 0 aliphatic heterocycles. The Hall–Kier alpha value is -3.09. The van der Waals surface area contributed by atoms with Gasteiger partial charge in [-0.15, -0.1) is 0 Å². The number of hydrogen-bond acceptors (Lipinski definition) is 8. The maximum Gasteiger partial charge on any atom is 0.262 e. The van der Waals surface area contributed by atoms with Gasteiger partial charge in [-0.3, -0.25) is 14.6 Å². The lowest BCUT2D eigenvalue weighted by molar-refractivity contribution is -0.171. The van der Waals surface area contributed by atoms with Gasteiger partial charge < -0.3 is 11.1 Å². The molecule has 0 bridgehead atoms. The molecule has 0 saturated carbocycles. The fraction of sp³-hybridized carbons (Fsp3) is 0.286. The number of fused-ring (bicyclic) bond motifs is 1. The van der Waals surface area contributed by atoms with Gasteiger partial charge in [-0.2, -0.15) is 0 Å². The molecule has 0 fully saturated rings. The third kappa shape index (κ3) is 5.51. The van der Waals surface area contributed by atoms with E-state index in [-0.39, 0.29) is 28.7 Å². The minimum atomic E-state index is -1.35. The fourth-order valence-electron chi connectivity index (χ4n) is 3.21. The molecule has 13 heteroatoms. The summed E-state index contributed by atoms with van der Waals surface area (Å²) in [6.45, 7) is 1.55. The van der Waals surface area contributed by atoms with Crippen molar-refractivity contribution in [1.29, 1.82) is 0 Å². The van der Waals surface area contributed by atoms with E-state index in [1.54, 1.807) is 13.0 Å². The Morgan fingerprint density at radius 1 is 1.32 bits per heavy atom. The molecule has 1 amide bonds. The highest BCUT2D eigenvalue weighted by Crippen LogP contribution is 2.34. The molecule has 0 saturated heterocycles. The number of carbonyl (C=O) groups is 1. The number of amidine groups is 1. The number of rotatable bonds is 7. The minimum absolute atomic E-state index is 0.0615. The number of nitrogens with one attached hydrogen (secondary N) is 1. The van der Waals surface area contributed by atoms with Crippen LogP contribution in [-0.2, 0) is 16.1 Å².